The van der Waals surface area contributed by atoms with Crippen molar-refractivity contribution >= 4 is 17.5 Å². The van der Waals surface area contributed by atoms with Gasteiger partial charge in [0.1, 0.15) is 6.61 Å². The van der Waals surface area contributed by atoms with E-state index in [1.165, 1.54) is 0 Å². The van der Waals surface area contributed by atoms with Crippen LogP contribution in [0.4, 0.5) is 0 Å². The van der Waals surface area contributed by atoms with E-state index in [1.54, 1.807) is 13.0 Å². The first-order valence-corrected chi connectivity index (χ1v) is 7.38. The third kappa shape index (κ3) is 2.07. The van der Waals surface area contributed by atoms with Gasteiger partial charge in [-0.15, -0.1) is 0 Å². The van der Waals surface area contributed by atoms with Crippen LogP contribution in [0.1, 0.15) is 39.0 Å². The van der Waals surface area contributed by atoms with Crippen LogP contribution in [0, 0.1) is 5.92 Å². The molecule has 2 atom stereocenters. The van der Waals surface area contributed by atoms with Crippen molar-refractivity contribution in [1.29, 1.82) is 0 Å². The summed E-state index contributed by atoms with van der Waals surface area (Å²) in [5.41, 5.74) is -0.552. The molecule has 0 aromatic carbocycles. The van der Waals surface area contributed by atoms with Gasteiger partial charge in [0.15, 0.2) is 17.2 Å². The van der Waals surface area contributed by atoms with E-state index in [4.69, 9.17) is 4.74 Å². The molecule has 0 bridgehead atoms. The number of hydrogen-bond donors (Lipinski definition) is 1. The standard InChI is InChI=1S/C16H18O5/c1-2-16(20)12-7-10-9(3-5-13(10)17)4-6-14(18)11(12)8-21-15(16)19/h7,9,20H,2-6,8H2,1H3/b10-7+/t9?,16-/m0/s1. The van der Waals surface area contributed by atoms with Gasteiger partial charge in [-0.05, 0) is 36.8 Å². The second-order valence-corrected chi connectivity index (χ2v) is 5.90. The number of hydrogen-bond acceptors (Lipinski definition) is 5. The smallest absolute Gasteiger partial charge is 0.343 e. The Balaban J connectivity index is 2.20. The lowest BCUT2D eigenvalue weighted by Gasteiger charge is -2.33. The molecule has 1 heterocycles. The fourth-order valence-corrected chi connectivity index (χ4v) is 3.41. The number of carbonyl (C=O) groups is 3. The third-order valence-corrected chi connectivity index (χ3v) is 4.81. The SMILES string of the molecule is CC[C@@]1(O)C(=O)OCC2=C1/C=C1/C(=O)CCC1CCC2=O. The van der Waals surface area contributed by atoms with Crippen LogP contribution in [0.3, 0.4) is 0 Å². The summed E-state index contributed by atoms with van der Waals surface area (Å²) in [7, 11) is 0. The third-order valence-electron chi connectivity index (χ3n) is 4.81. The average molecular weight is 290 g/mol. The van der Waals surface area contributed by atoms with Gasteiger partial charge in [0.25, 0.3) is 0 Å². The number of rotatable bonds is 1. The molecule has 1 aliphatic heterocycles. The Kier molecular flexibility index (Phi) is 3.32. The summed E-state index contributed by atoms with van der Waals surface area (Å²) in [6, 6.07) is 0. The zero-order chi connectivity index (χ0) is 15.2. The van der Waals surface area contributed by atoms with Crippen LogP contribution < -0.4 is 0 Å². The fraction of sp³-hybridized carbons (Fsp3) is 0.562. The Hall–Kier alpha value is -1.75. The van der Waals surface area contributed by atoms with Crippen LogP contribution in [-0.2, 0) is 19.1 Å². The number of Topliss-reactive ketones (excluding diaryl/α,β-unsaturated/α-hetero) is 2. The van der Waals surface area contributed by atoms with Crippen LogP contribution in [0.5, 0.6) is 0 Å². The number of cyclic esters (lactones) is 1. The first-order valence-electron chi connectivity index (χ1n) is 7.38. The normalized spacial score (nSPS) is 35.4. The van der Waals surface area contributed by atoms with Gasteiger partial charge in [-0.3, -0.25) is 9.59 Å². The van der Waals surface area contributed by atoms with Crippen LogP contribution in [0.2, 0.25) is 0 Å². The summed E-state index contributed by atoms with van der Waals surface area (Å²) in [6.07, 6.45) is 3.89. The maximum atomic E-state index is 12.3. The molecule has 5 heteroatoms. The van der Waals surface area contributed by atoms with Crippen molar-refractivity contribution in [2.45, 2.75) is 44.6 Å². The molecule has 0 saturated heterocycles. The van der Waals surface area contributed by atoms with Crippen molar-refractivity contribution in [3.05, 3.63) is 22.8 Å². The second kappa shape index (κ2) is 4.91. The molecule has 5 nitrogen and oxygen atoms in total. The van der Waals surface area contributed by atoms with Gasteiger partial charge in [0.2, 0.25) is 0 Å². The zero-order valence-electron chi connectivity index (χ0n) is 12.0. The lowest BCUT2D eigenvalue weighted by atomic mass is 9.79. The quantitative estimate of drug-likeness (QED) is 0.735. The molecule has 0 aromatic rings. The van der Waals surface area contributed by atoms with Gasteiger partial charge in [0.05, 0.1) is 0 Å². The zero-order valence-corrected chi connectivity index (χ0v) is 12.0. The minimum absolute atomic E-state index is 0.0543. The number of ether oxygens (including phenoxy) is 1. The highest BCUT2D eigenvalue weighted by Gasteiger charge is 2.46. The molecule has 0 aromatic heterocycles. The maximum Gasteiger partial charge on any atom is 0.343 e. The summed E-state index contributed by atoms with van der Waals surface area (Å²) in [6.45, 7) is 1.55. The summed E-state index contributed by atoms with van der Waals surface area (Å²) in [5, 5.41) is 10.6. The summed E-state index contributed by atoms with van der Waals surface area (Å²) >= 11 is 0. The number of ketones is 2. The molecule has 3 aliphatic rings. The van der Waals surface area contributed by atoms with Gasteiger partial charge in [-0.1, -0.05) is 6.92 Å². The monoisotopic (exact) mass is 290 g/mol. The lowest BCUT2D eigenvalue weighted by molar-refractivity contribution is -0.163. The predicted octanol–water partition coefficient (Wildman–Crippen LogP) is 1.25. The molecule has 3 rings (SSSR count). The summed E-state index contributed by atoms with van der Waals surface area (Å²) in [5.74, 6) is -0.719. The van der Waals surface area contributed by atoms with Crippen molar-refractivity contribution in [1.82, 2.24) is 0 Å². The van der Waals surface area contributed by atoms with Gasteiger partial charge >= 0.3 is 5.97 Å². The van der Waals surface area contributed by atoms with E-state index in [2.05, 4.69) is 0 Å². The van der Waals surface area contributed by atoms with E-state index in [9.17, 15) is 19.5 Å². The van der Waals surface area contributed by atoms with Crippen molar-refractivity contribution in [3.63, 3.8) is 0 Å². The van der Waals surface area contributed by atoms with E-state index >= 15 is 0 Å². The highest BCUT2D eigenvalue weighted by atomic mass is 16.6. The van der Waals surface area contributed by atoms with Gasteiger partial charge in [-0.25, -0.2) is 4.79 Å². The van der Waals surface area contributed by atoms with E-state index in [-0.39, 0.29) is 36.1 Å². The number of carbonyl (C=O) groups excluding carboxylic acids is 3. The minimum atomic E-state index is -1.82. The van der Waals surface area contributed by atoms with Gasteiger partial charge in [0, 0.05) is 24.0 Å². The molecule has 1 saturated carbocycles. The molecule has 2 aliphatic carbocycles. The van der Waals surface area contributed by atoms with Crippen LogP contribution in [-0.4, -0.2) is 34.9 Å². The molecule has 112 valence electrons. The van der Waals surface area contributed by atoms with E-state index in [0.29, 0.717) is 30.4 Å². The van der Waals surface area contributed by atoms with Gasteiger partial charge in [-0.2, -0.15) is 0 Å². The minimum Gasteiger partial charge on any atom is -0.458 e. The molecule has 0 amide bonds. The number of allylic oxidation sites excluding steroid dienone is 1. The van der Waals surface area contributed by atoms with Crippen LogP contribution in [0.25, 0.3) is 0 Å². The summed E-state index contributed by atoms with van der Waals surface area (Å²) in [4.78, 5) is 36.3. The Bertz CT molecular complexity index is 598. The largest absolute Gasteiger partial charge is 0.458 e. The molecule has 0 radical (unpaired) electrons. The highest BCUT2D eigenvalue weighted by molar-refractivity contribution is 6.04. The van der Waals surface area contributed by atoms with Crippen LogP contribution >= 0.6 is 0 Å². The predicted molar refractivity (Wildman–Crippen MR) is 73.3 cm³/mol. The van der Waals surface area contributed by atoms with Crippen molar-refractivity contribution in [2.75, 3.05) is 6.61 Å². The first kappa shape index (κ1) is 14.2. The number of fused-ring (bicyclic) bond motifs is 1. The highest BCUT2D eigenvalue weighted by Crippen LogP contribution is 2.40. The second-order valence-electron chi connectivity index (χ2n) is 5.90. The fourth-order valence-electron chi connectivity index (χ4n) is 3.41. The first-order chi connectivity index (χ1) is 9.97. The molecule has 21 heavy (non-hydrogen) atoms. The molecule has 1 fully saturated rings. The van der Waals surface area contributed by atoms with Crippen molar-refractivity contribution < 1.29 is 24.2 Å². The molecule has 0 spiro atoms. The molecular formula is C16H18O5. The Morgan fingerprint density at radius 1 is 1.24 bits per heavy atom. The summed E-state index contributed by atoms with van der Waals surface area (Å²) < 4.78 is 4.98. The van der Waals surface area contributed by atoms with Crippen LogP contribution in [0.15, 0.2) is 22.8 Å². The van der Waals surface area contributed by atoms with E-state index < -0.39 is 11.6 Å². The topological polar surface area (TPSA) is 80.7 Å². The molecule has 1 N–H and O–H groups in total. The Morgan fingerprint density at radius 3 is 2.57 bits per heavy atom. The number of aliphatic hydroxyl groups is 1. The Labute approximate surface area is 122 Å². The van der Waals surface area contributed by atoms with Crippen molar-refractivity contribution in [2.24, 2.45) is 5.92 Å². The van der Waals surface area contributed by atoms with E-state index in [0.717, 1.165) is 6.42 Å². The average Bonchev–Trinajstić information content (AvgIpc) is 2.80. The Morgan fingerprint density at radius 2 is 1.90 bits per heavy atom. The lowest BCUT2D eigenvalue weighted by Crippen LogP contribution is -2.46. The van der Waals surface area contributed by atoms with E-state index in [1.807, 2.05) is 0 Å². The number of esters is 1. The molecule has 1 unspecified atom stereocenters. The molecular weight excluding hydrogens is 272 g/mol. The van der Waals surface area contributed by atoms with Crippen molar-refractivity contribution in [3.8, 4) is 0 Å². The van der Waals surface area contributed by atoms with Gasteiger partial charge < -0.3 is 9.84 Å². The maximum absolute atomic E-state index is 12.3.